The van der Waals surface area contributed by atoms with Crippen molar-refractivity contribution in [3.63, 3.8) is 0 Å². The fourth-order valence-electron chi connectivity index (χ4n) is 3.52. The lowest BCUT2D eigenvalue weighted by Gasteiger charge is -2.13. The first-order chi connectivity index (χ1) is 14.6. The van der Waals surface area contributed by atoms with Gasteiger partial charge in [-0.2, -0.15) is 0 Å². The van der Waals surface area contributed by atoms with E-state index in [0.29, 0.717) is 31.1 Å². The molecule has 4 rings (SSSR count). The average Bonchev–Trinajstić information content (AvgIpc) is 3.21. The maximum Gasteiger partial charge on any atom is 0.341 e. The second kappa shape index (κ2) is 7.84. The van der Waals surface area contributed by atoms with Gasteiger partial charge in [0.25, 0.3) is 11.5 Å². The molecule has 1 aliphatic heterocycles. The summed E-state index contributed by atoms with van der Waals surface area (Å²) in [4.78, 5) is 43.6. The number of nitrogens with one attached hydrogen (secondary N) is 1. The molecule has 0 fully saturated rings. The van der Waals surface area contributed by atoms with Crippen molar-refractivity contribution in [2.45, 2.75) is 26.0 Å². The molecule has 0 aliphatic carbocycles. The fourth-order valence-corrected chi connectivity index (χ4v) is 7.58. The molecule has 0 aromatic carbocycles. The van der Waals surface area contributed by atoms with Crippen molar-refractivity contribution in [3.05, 3.63) is 43.1 Å². The van der Waals surface area contributed by atoms with Crippen LogP contribution in [-0.4, -0.2) is 42.2 Å². The molecule has 164 valence electrons. The maximum atomic E-state index is 13.1. The Hall–Kier alpha value is -2.57. The van der Waals surface area contributed by atoms with Crippen LogP contribution in [0, 0.1) is 6.92 Å². The van der Waals surface area contributed by atoms with Gasteiger partial charge in [-0.1, -0.05) is 0 Å². The molecular formula is C19H19N3O6S3. The summed E-state index contributed by atoms with van der Waals surface area (Å²) in [6, 6.07) is 0. The summed E-state index contributed by atoms with van der Waals surface area (Å²) < 4.78 is 30.6. The second-order valence-corrected chi connectivity index (χ2v) is 11.4. The van der Waals surface area contributed by atoms with Gasteiger partial charge in [-0.3, -0.25) is 9.59 Å². The van der Waals surface area contributed by atoms with E-state index in [9.17, 15) is 22.8 Å². The van der Waals surface area contributed by atoms with Crippen LogP contribution >= 0.6 is 22.7 Å². The molecule has 1 N–H and O–H groups in total. The van der Waals surface area contributed by atoms with Crippen LogP contribution in [-0.2, 0) is 33.8 Å². The quantitative estimate of drug-likeness (QED) is 0.567. The van der Waals surface area contributed by atoms with Gasteiger partial charge >= 0.3 is 5.97 Å². The number of thiophene rings is 2. The lowest BCUT2D eigenvalue weighted by atomic mass is 10.1. The summed E-state index contributed by atoms with van der Waals surface area (Å²) in [5.74, 6) is -1.31. The van der Waals surface area contributed by atoms with Crippen molar-refractivity contribution in [1.29, 1.82) is 0 Å². The molecule has 4 heterocycles. The van der Waals surface area contributed by atoms with E-state index in [0.717, 1.165) is 22.7 Å². The molecule has 3 aromatic rings. The largest absolute Gasteiger partial charge is 0.462 e. The van der Waals surface area contributed by atoms with E-state index in [1.807, 2.05) is 0 Å². The summed E-state index contributed by atoms with van der Waals surface area (Å²) in [5, 5.41) is 3.37. The topological polar surface area (TPSA) is 124 Å². The van der Waals surface area contributed by atoms with E-state index < -0.39 is 21.7 Å². The minimum Gasteiger partial charge on any atom is -0.462 e. The van der Waals surface area contributed by atoms with Gasteiger partial charge in [0.2, 0.25) is 0 Å². The zero-order valence-corrected chi connectivity index (χ0v) is 19.4. The second-order valence-electron chi connectivity index (χ2n) is 7.12. The SMILES string of the molecule is CCOC(=O)c1c(NC(=O)c2sc3ncn(C)c(=O)c3c2C)sc2c1CCS(=O)(=O)C2. The first kappa shape index (κ1) is 21.7. The molecule has 0 radical (unpaired) electrons. The van der Waals surface area contributed by atoms with Crippen molar-refractivity contribution >= 4 is 59.6 Å². The number of fused-ring (bicyclic) bond motifs is 2. The molecule has 3 aromatic heterocycles. The number of ether oxygens (including phenoxy) is 1. The number of sulfone groups is 1. The molecule has 31 heavy (non-hydrogen) atoms. The van der Waals surface area contributed by atoms with Gasteiger partial charge in [-0.05, 0) is 31.4 Å². The number of anilines is 1. The van der Waals surface area contributed by atoms with Crippen LogP contribution in [0.2, 0.25) is 0 Å². The molecule has 0 atom stereocenters. The Morgan fingerprint density at radius 3 is 2.77 bits per heavy atom. The monoisotopic (exact) mass is 481 g/mol. The highest BCUT2D eigenvalue weighted by atomic mass is 32.2. The molecule has 1 aliphatic rings. The number of carbonyl (C=O) groups excluding carboxylic acids is 2. The third kappa shape index (κ3) is 3.79. The Bertz CT molecular complexity index is 1400. The summed E-state index contributed by atoms with van der Waals surface area (Å²) in [5.41, 5.74) is 1.07. The molecule has 0 saturated heterocycles. The zero-order valence-electron chi connectivity index (χ0n) is 17.0. The Kier molecular flexibility index (Phi) is 5.48. The van der Waals surface area contributed by atoms with E-state index in [4.69, 9.17) is 4.74 Å². The molecule has 0 saturated carbocycles. The van der Waals surface area contributed by atoms with Gasteiger partial charge in [-0.25, -0.2) is 18.2 Å². The van der Waals surface area contributed by atoms with Crippen molar-refractivity contribution in [2.24, 2.45) is 7.05 Å². The summed E-state index contributed by atoms with van der Waals surface area (Å²) in [7, 11) is -1.66. The summed E-state index contributed by atoms with van der Waals surface area (Å²) >= 11 is 2.16. The molecule has 0 spiro atoms. The van der Waals surface area contributed by atoms with Crippen LogP contribution in [0.1, 0.15) is 43.0 Å². The number of hydrogen-bond acceptors (Lipinski definition) is 9. The number of aryl methyl sites for hydroxylation is 2. The van der Waals surface area contributed by atoms with Crippen molar-refractivity contribution < 1.29 is 22.7 Å². The Morgan fingerprint density at radius 1 is 1.32 bits per heavy atom. The Morgan fingerprint density at radius 2 is 2.06 bits per heavy atom. The zero-order chi connectivity index (χ0) is 22.5. The van der Waals surface area contributed by atoms with Crippen molar-refractivity contribution in [1.82, 2.24) is 9.55 Å². The van der Waals surface area contributed by atoms with E-state index in [1.54, 1.807) is 20.9 Å². The fraction of sp³-hybridized carbons (Fsp3) is 0.368. The van der Waals surface area contributed by atoms with Crippen LogP contribution in [0.4, 0.5) is 5.00 Å². The highest BCUT2D eigenvalue weighted by molar-refractivity contribution is 7.90. The first-order valence-electron chi connectivity index (χ1n) is 9.41. The van der Waals surface area contributed by atoms with Gasteiger partial charge in [0.05, 0.1) is 40.3 Å². The van der Waals surface area contributed by atoms with Crippen molar-refractivity contribution in [3.8, 4) is 0 Å². The minimum atomic E-state index is -3.25. The number of rotatable bonds is 4. The third-order valence-electron chi connectivity index (χ3n) is 5.03. The predicted molar refractivity (Wildman–Crippen MR) is 119 cm³/mol. The van der Waals surface area contributed by atoms with Gasteiger partial charge in [-0.15, -0.1) is 22.7 Å². The van der Waals surface area contributed by atoms with E-state index in [1.165, 1.54) is 10.9 Å². The number of esters is 1. The number of amides is 1. The lowest BCUT2D eigenvalue weighted by molar-refractivity contribution is 0.0527. The average molecular weight is 482 g/mol. The highest BCUT2D eigenvalue weighted by Crippen LogP contribution is 2.39. The molecule has 1 amide bonds. The number of nitrogens with zero attached hydrogens (tertiary/aromatic N) is 2. The van der Waals surface area contributed by atoms with Gasteiger partial charge in [0.1, 0.15) is 9.83 Å². The van der Waals surface area contributed by atoms with E-state index >= 15 is 0 Å². The van der Waals surface area contributed by atoms with Gasteiger partial charge < -0.3 is 14.6 Å². The standard InChI is InChI=1S/C19H19N3O6S3/c1-4-28-19(25)13-10-5-6-31(26,27)7-11(10)29-17(13)21-15(23)14-9(2)12-16(30-14)20-8-22(3)18(12)24/h8H,4-7H2,1-3H3,(H,21,23). The Labute approximate surface area is 185 Å². The van der Waals surface area contributed by atoms with E-state index in [2.05, 4.69) is 10.3 Å². The van der Waals surface area contributed by atoms with Gasteiger partial charge in [0.15, 0.2) is 9.84 Å². The smallest absolute Gasteiger partial charge is 0.341 e. The molecule has 0 unspecified atom stereocenters. The van der Waals surface area contributed by atoms with E-state index in [-0.39, 0.29) is 40.7 Å². The molecular weight excluding hydrogens is 462 g/mol. The molecule has 0 bridgehead atoms. The minimum absolute atomic E-state index is 0.0547. The predicted octanol–water partition coefficient (Wildman–Crippen LogP) is 2.26. The summed E-state index contributed by atoms with van der Waals surface area (Å²) in [6.45, 7) is 3.50. The third-order valence-corrected chi connectivity index (χ3v) is 9.11. The lowest BCUT2D eigenvalue weighted by Crippen LogP contribution is -2.20. The van der Waals surface area contributed by atoms with Crippen LogP contribution in [0.15, 0.2) is 11.1 Å². The Balaban J connectivity index is 1.77. The van der Waals surface area contributed by atoms with Crippen LogP contribution < -0.4 is 10.9 Å². The van der Waals surface area contributed by atoms with Crippen molar-refractivity contribution in [2.75, 3.05) is 17.7 Å². The molecule has 12 heteroatoms. The number of aromatic nitrogens is 2. The number of carbonyl (C=O) groups is 2. The normalized spacial score (nSPS) is 14.9. The van der Waals surface area contributed by atoms with Crippen LogP contribution in [0.5, 0.6) is 0 Å². The van der Waals surface area contributed by atoms with Crippen LogP contribution in [0.25, 0.3) is 10.2 Å². The maximum absolute atomic E-state index is 13.1. The van der Waals surface area contributed by atoms with Gasteiger partial charge in [0, 0.05) is 11.9 Å². The van der Waals surface area contributed by atoms with Crippen LogP contribution in [0.3, 0.4) is 0 Å². The number of hydrogen-bond donors (Lipinski definition) is 1. The highest BCUT2D eigenvalue weighted by Gasteiger charge is 2.32. The first-order valence-corrected chi connectivity index (χ1v) is 12.9. The summed E-state index contributed by atoms with van der Waals surface area (Å²) in [6.07, 6.45) is 1.59. The molecule has 9 nitrogen and oxygen atoms in total.